The molecule has 0 spiro atoms. The van der Waals surface area contributed by atoms with Gasteiger partial charge < -0.3 is 37.5 Å². The molecule has 0 aromatic heterocycles. The van der Waals surface area contributed by atoms with Gasteiger partial charge in [0.05, 0.1) is 31.9 Å². The van der Waals surface area contributed by atoms with Gasteiger partial charge in [-0.3, -0.25) is 33.7 Å². The van der Waals surface area contributed by atoms with Crippen molar-refractivity contribution in [3.8, 4) is 0 Å². The molecule has 0 radical (unpaired) electrons. The second kappa shape index (κ2) is 15.0. The van der Waals surface area contributed by atoms with Crippen molar-refractivity contribution >= 4 is 47.2 Å². The molecule has 0 aromatic rings. The van der Waals surface area contributed by atoms with Crippen LogP contribution in [0.15, 0.2) is 0 Å². The van der Waals surface area contributed by atoms with Gasteiger partial charge in [0.1, 0.15) is 6.04 Å². The topological polar surface area (TPSA) is 162 Å². The van der Waals surface area contributed by atoms with Crippen molar-refractivity contribution in [2.24, 2.45) is 5.73 Å². The van der Waals surface area contributed by atoms with Crippen LogP contribution in [0.4, 0.5) is 0 Å². The summed E-state index contributed by atoms with van der Waals surface area (Å²) < 4.78 is 9.02. The Morgan fingerprint density at radius 1 is 1.16 bits per heavy atom. The highest BCUT2D eigenvalue weighted by atomic mass is 79.9. The summed E-state index contributed by atoms with van der Waals surface area (Å²) in [5, 5.41) is 1.94. The minimum atomic E-state index is -0.977. The van der Waals surface area contributed by atoms with Gasteiger partial charge in [-0.2, -0.15) is 0 Å². The van der Waals surface area contributed by atoms with Crippen molar-refractivity contribution in [1.82, 2.24) is 10.2 Å². The summed E-state index contributed by atoms with van der Waals surface area (Å²) in [6.07, 6.45) is -0.368. The number of esters is 2. The maximum Gasteiger partial charge on any atom is 0.322 e. The van der Waals surface area contributed by atoms with Crippen LogP contribution in [0, 0.1) is 0 Å². The zero-order valence-corrected chi connectivity index (χ0v) is 20.7. The Hall–Kier alpha value is -1.99. The third kappa shape index (κ3) is 9.25. The lowest BCUT2D eigenvalue weighted by molar-refractivity contribution is -0.142. The van der Waals surface area contributed by atoms with Gasteiger partial charge in [-0.25, -0.2) is 0 Å². The number of Topliss-reactive ketones (excluding diaryl/α,β-unsaturated/α-hetero) is 1. The molecule has 1 aliphatic heterocycles. The number of hydrogen-bond acceptors (Lipinski definition) is 10. The Balaban J connectivity index is 0.00000961. The van der Waals surface area contributed by atoms with E-state index in [4.69, 9.17) is 5.73 Å². The Morgan fingerprint density at radius 2 is 1.81 bits per heavy atom. The first-order valence-electron chi connectivity index (χ1n) is 9.82. The number of amides is 3. The molecule has 3 atom stereocenters. The van der Waals surface area contributed by atoms with Crippen molar-refractivity contribution < 1.29 is 55.2 Å². The molecule has 1 aliphatic rings. The van der Waals surface area contributed by atoms with E-state index in [0.717, 1.165) is 16.7 Å². The number of nitrogens with zero attached hydrogens (tertiary/aromatic N) is 1. The molecule has 32 heavy (non-hydrogen) atoms. The molecule has 3 N–H and O–H groups in total. The average Bonchev–Trinajstić information content (AvgIpc) is 3.04. The fourth-order valence-corrected chi connectivity index (χ4v) is 4.09. The number of nitrogens with one attached hydrogen (secondary N) is 1. The number of ether oxygens (including phenoxy) is 2. The third-order valence-corrected chi connectivity index (χ3v) is 5.99. The van der Waals surface area contributed by atoms with Crippen molar-refractivity contribution in [2.45, 2.75) is 56.4 Å². The molecule has 1 heterocycles. The average molecular weight is 539 g/mol. The minimum absolute atomic E-state index is 0. The number of hydrogen-bond donors (Lipinski definition) is 2. The molecular weight excluding hydrogens is 510 g/mol. The SMILES string of the molecule is CCN1C(=O)CC(SC[C@H](NC(=O)CC[C@H](N)C(=O)OC)C(=O)CCC(=O)OC)C1=O.[Br-]. The first-order valence-corrected chi connectivity index (χ1v) is 10.9. The van der Waals surface area contributed by atoms with Crippen LogP contribution in [0.3, 0.4) is 0 Å². The van der Waals surface area contributed by atoms with Gasteiger partial charge >= 0.3 is 11.9 Å². The van der Waals surface area contributed by atoms with Crippen LogP contribution in [0.25, 0.3) is 0 Å². The molecular formula is C19H29BrN3O8S-. The van der Waals surface area contributed by atoms with Crippen LogP contribution in [0.5, 0.6) is 0 Å². The third-order valence-electron chi connectivity index (χ3n) is 4.70. The predicted octanol–water partition coefficient (Wildman–Crippen LogP) is -3.84. The molecule has 0 aliphatic carbocycles. The zero-order valence-electron chi connectivity index (χ0n) is 18.3. The van der Waals surface area contributed by atoms with Gasteiger partial charge in [0.25, 0.3) is 0 Å². The van der Waals surface area contributed by atoms with Crippen molar-refractivity contribution in [2.75, 3.05) is 26.5 Å². The summed E-state index contributed by atoms with van der Waals surface area (Å²) in [5.74, 6) is -2.69. The monoisotopic (exact) mass is 538 g/mol. The summed E-state index contributed by atoms with van der Waals surface area (Å²) in [6.45, 7) is 1.97. The summed E-state index contributed by atoms with van der Waals surface area (Å²) in [7, 11) is 2.39. The van der Waals surface area contributed by atoms with Gasteiger partial charge in [0.2, 0.25) is 17.7 Å². The normalized spacial score (nSPS) is 17.2. The quantitative estimate of drug-likeness (QED) is 0.175. The van der Waals surface area contributed by atoms with E-state index in [9.17, 15) is 28.8 Å². The van der Waals surface area contributed by atoms with Crippen LogP contribution in [0.1, 0.15) is 39.0 Å². The van der Waals surface area contributed by atoms with Crippen molar-refractivity contribution in [3.05, 3.63) is 0 Å². The van der Waals surface area contributed by atoms with E-state index in [-0.39, 0.29) is 73.2 Å². The molecule has 0 saturated carbocycles. The molecule has 1 unspecified atom stereocenters. The Labute approximate surface area is 201 Å². The fourth-order valence-electron chi connectivity index (χ4n) is 2.87. The molecule has 13 heteroatoms. The lowest BCUT2D eigenvalue weighted by Crippen LogP contribution is -3.00. The van der Waals surface area contributed by atoms with E-state index in [1.54, 1.807) is 6.92 Å². The second-order valence-corrected chi connectivity index (χ2v) is 8.07. The molecule has 3 amide bonds. The number of imide groups is 1. The van der Waals surface area contributed by atoms with Crippen LogP contribution in [-0.2, 0) is 38.2 Å². The number of ketones is 1. The van der Waals surface area contributed by atoms with Crippen molar-refractivity contribution in [1.29, 1.82) is 0 Å². The number of halogens is 1. The maximum atomic E-state index is 12.6. The second-order valence-electron chi connectivity index (χ2n) is 6.83. The van der Waals surface area contributed by atoms with Crippen LogP contribution < -0.4 is 28.0 Å². The number of carbonyl (C=O) groups excluding carboxylic acids is 6. The van der Waals surface area contributed by atoms with Gasteiger partial charge in [-0.15, -0.1) is 11.8 Å². The van der Waals surface area contributed by atoms with E-state index in [1.807, 2.05) is 0 Å². The minimum Gasteiger partial charge on any atom is -1.00 e. The van der Waals surface area contributed by atoms with Crippen molar-refractivity contribution in [3.63, 3.8) is 0 Å². The molecule has 182 valence electrons. The lowest BCUT2D eigenvalue weighted by Gasteiger charge is -2.19. The van der Waals surface area contributed by atoms with Gasteiger partial charge in [-0.05, 0) is 13.3 Å². The highest BCUT2D eigenvalue weighted by Crippen LogP contribution is 2.26. The molecule has 11 nitrogen and oxygen atoms in total. The standard InChI is InChI=1S/C19H29N3O8S.BrH/c1-4-22-16(25)9-14(18(22)27)31-10-12(13(23)6-8-17(26)29-2)21-15(24)7-5-11(20)19(28)30-3;/h11-12,14H,4-10,20H2,1-3H3,(H,21,24);1H/p-1/t11-,12-,14?;/m0./s1. The van der Waals surface area contributed by atoms with Gasteiger partial charge in [0, 0.05) is 31.6 Å². The van der Waals surface area contributed by atoms with E-state index in [1.165, 1.54) is 14.2 Å². The zero-order chi connectivity index (χ0) is 23.6. The Morgan fingerprint density at radius 3 is 2.34 bits per heavy atom. The molecule has 0 aromatic carbocycles. The summed E-state index contributed by atoms with van der Waals surface area (Å²) in [5.41, 5.74) is 5.61. The van der Waals surface area contributed by atoms with E-state index < -0.39 is 41.0 Å². The van der Waals surface area contributed by atoms with E-state index in [2.05, 4.69) is 14.8 Å². The molecule has 1 fully saturated rings. The highest BCUT2D eigenvalue weighted by molar-refractivity contribution is 8.00. The lowest BCUT2D eigenvalue weighted by atomic mass is 10.1. The number of rotatable bonds is 13. The first-order chi connectivity index (χ1) is 14.6. The van der Waals surface area contributed by atoms with Crippen LogP contribution >= 0.6 is 11.8 Å². The Kier molecular flexibility index (Phi) is 14.0. The van der Waals surface area contributed by atoms with Crippen LogP contribution in [-0.4, -0.2) is 84.2 Å². The van der Waals surface area contributed by atoms with Crippen LogP contribution in [0.2, 0.25) is 0 Å². The van der Waals surface area contributed by atoms with E-state index in [0.29, 0.717) is 0 Å². The smallest absolute Gasteiger partial charge is 0.322 e. The number of likely N-dealkylation sites (tertiary alicyclic amines) is 1. The summed E-state index contributed by atoms with van der Waals surface area (Å²) in [4.78, 5) is 72.8. The summed E-state index contributed by atoms with van der Waals surface area (Å²) in [6, 6.07) is -1.95. The number of carbonyl (C=O) groups is 6. The number of methoxy groups -OCH3 is 2. The number of thioether (sulfide) groups is 1. The molecule has 1 saturated heterocycles. The van der Waals surface area contributed by atoms with Gasteiger partial charge in [-0.1, -0.05) is 0 Å². The molecule has 0 bridgehead atoms. The number of nitrogens with two attached hydrogens (primary N) is 1. The fraction of sp³-hybridized carbons (Fsp3) is 0.684. The van der Waals surface area contributed by atoms with Gasteiger partial charge in [0.15, 0.2) is 5.78 Å². The summed E-state index contributed by atoms with van der Waals surface area (Å²) >= 11 is 1.10. The van der Waals surface area contributed by atoms with E-state index >= 15 is 0 Å². The highest BCUT2D eigenvalue weighted by Gasteiger charge is 2.38. The Bertz CT molecular complexity index is 721. The molecule has 1 rings (SSSR count). The first kappa shape index (κ1) is 30.0. The predicted molar refractivity (Wildman–Crippen MR) is 111 cm³/mol. The maximum absolute atomic E-state index is 12.6. The largest absolute Gasteiger partial charge is 1.00 e.